The predicted octanol–water partition coefficient (Wildman–Crippen LogP) is 5.58. The summed E-state index contributed by atoms with van der Waals surface area (Å²) in [6.45, 7) is 15.5. The van der Waals surface area contributed by atoms with E-state index in [0.717, 1.165) is 57.9 Å². The number of carbonyl (C=O) groups excluding carboxylic acids is 5. The van der Waals surface area contributed by atoms with Crippen molar-refractivity contribution >= 4 is 81.1 Å². The average molecular weight is 922 g/mol. The molecule has 5 rings (SSSR count). The molecule has 0 aromatic heterocycles. The zero-order valence-corrected chi connectivity index (χ0v) is 39.7. The number of nitrogens with zero attached hydrogens (tertiary/aromatic N) is 3. The van der Waals surface area contributed by atoms with Gasteiger partial charge in [0, 0.05) is 90.0 Å². The standard InChI is InChI=1S/C46H60N6O8S3/c1-8-50-35-20-18-30(61)25-32(35)45(4,5)38(50)15-11-9-12-16-39-46(6,7)33-26-31(63(58,59)60)19-21-36(33)51(39)23-14-10-13-17-40(53)48-22-24-52-41(54)27-37(44(52)57)62-28-34(42(47)55)49-43(56)29(2)3/h9,11-12,15-16,18-21,25-26,29,34,37H,8,10,13-14,17,22-24,27-28H2,1-7H3,(H5-,47,48,49,53,55,56,58,59,60,61)/p+1. The van der Waals surface area contributed by atoms with Gasteiger partial charge < -0.3 is 21.3 Å². The number of benzene rings is 2. The molecule has 1 fully saturated rings. The monoisotopic (exact) mass is 921 g/mol. The van der Waals surface area contributed by atoms with Gasteiger partial charge in [0.1, 0.15) is 12.6 Å². The number of fused-ring (bicyclic) bond motifs is 2. The molecule has 0 aliphatic carbocycles. The maximum atomic E-state index is 13.0. The molecule has 0 bridgehead atoms. The van der Waals surface area contributed by atoms with Crippen molar-refractivity contribution in [3.63, 3.8) is 0 Å². The zero-order chi connectivity index (χ0) is 46.4. The first kappa shape index (κ1) is 49.3. The molecule has 3 aliphatic heterocycles. The highest BCUT2D eigenvalue weighted by atomic mass is 32.2. The number of rotatable bonds is 20. The minimum absolute atomic E-state index is 0.0205. The molecule has 0 spiro atoms. The molecule has 5 amide bonds. The number of unbranched alkanes of at least 4 members (excludes halogenated alkanes) is 2. The first-order chi connectivity index (χ1) is 29.6. The van der Waals surface area contributed by atoms with Gasteiger partial charge in [0.25, 0.3) is 10.1 Å². The van der Waals surface area contributed by atoms with Gasteiger partial charge >= 0.3 is 0 Å². The molecule has 3 aliphatic rings. The van der Waals surface area contributed by atoms with Crippen LogP contribution in [0.2, 0.25) is 0 Å². The normalized spacial score (nSPS) is 19.2. The van der Waals surface area contributed by atoms with Gasteiger partial charge in [-0.15, -0.1) is 24.4 Å². The minimum Gasteiger partial charge on any atom is -0.368 e. The number of amides is 5. The highest BCUT2D eigenvalue weighted by Gasteiger charge is 2.45. The molecule has 340 valence electrons. The number of nitrogens with one attached hydrogen (secondary N) is 2. The molecule has 3 heterocycles. The Balaban J connectivity index is 1.17. The number of allylic oxidation sites excluding steroid dienone is 6. The van der Waals surface area contributed by atoms with Gasteiger partial charge in [0.05, 0.1) is 15.6 Å². The summed E-state index contributed by atoms with van der Waals surface area (Å²) >= 11 is 5.68. The van der Waals surface area contributed by atoms with Crippen LogP contribution in [0.3, 0.4) is 0 Å². The Labute approximate surface area is 381 Å². The largest absolute Gasteiger partial charge is 0.368 e. The van der Waals surface area contributed by atoms with E-state index < -0.39 is 38.6 Å². The van der Waals surface area contributed by atoms with Crippen LogP contribution in [0.5, 0.6) is 0 Å². The Bertz CT molecular complexity index is 2370. The molecule has 2 aromatic rings. The molecule has 1 saturated heterocycles. The molecular weight excluding hydrogens is 861 g/mol. The second-order valence-corrected chi connectivity index (χ2v) is 20.5. The zero-order valence-electron chi connectivity index (χ0n) is 37.1. The van der Waals surface area contributed by atoms with Crippen LogP contribution in [-0.2, 0) is 44.9 Å². The first-order valence-electron chi connectivity index (χ1n) is 21.3. The lowest BCUT2D eigenvalue weighted by atomic mass is 9.81. The van der Waals surface area contributed by atoms with E-state index in [1.54, 1.807) is 19.9 Å². The summed E-state index contributed by atoms with van der Waals surface area (Å²) in [7, 11) is -4.42. The van der Waals surface area contributed by atoms with Crippen molar-refractivity contribution in [3.8, 4) is 0 Å². The third-order valence-corrected chi connectivity index (χ3v) is 14.3. The van der Waals surface area contributed by atoms with Crippen LogP contribution >= 0.6 is 24.4 Å². The summed E-state index contributed by atoms with van der Waals surface area (Å²) < 4.78 is 36.3. The number of nitrogens with two attached hydrogens (primary N) is 1. The number of anilines is 1. The number of thioether (sulfide) groups is 1. The van der Waals surface area contributed by atoms with Crippen LogP contribution < -0.4 is 21.3 Å². The van der Waals surface area contributed by atoms with Gasteiger partial charge in [-0.2, -0.15) is 13.0 Å². The fourth-order valence-electron chi connectivity index (χ4n) is 8.31. The molecule has 2 unspecified atom stereocenters. The third kappa shape index (κ3) is 11.3. The van der Waals surface area contributed by atoms with E-state index in [0.29, 0.717) is 13.0 Å². The maximum Gasteiger partial charge on any atom is 0.294 e. The van der Waals surface area contributed by atoms with Gasteiger partial charge in [0.15, 0.2) is 5.71 Å². The summed E-state index contributed by atoms with van der Waals surface area (Å²) in [6.07, 6.45) is 12.4. The van der Waals surface area contributed by atoms with Crippen LogP contribution in [0.1, 0.15) is 91.7 Å². The fraction of sp³-hybridized carbons (Fsp3) is 0.478. The molecule has 14 nitrogen and oxygen atoms in total. The fourth-order valence-corrected chi connectivity index (χ4v) is 10.2. The number of hydrogen-bond donors (Lipinski definition) is 5. The van der Waals surface area contributed by atoms with E-state index in [1.165, 1.54) is 29.1 Å². The van der Waals surface area contributed by atoms with Gasteiger partial charge in [-0.05, 0) is 75.6 Å². The topological polar surface area (TPSA) is 199 Å². The highest BCUT2D eigenvalue weighted by Crippen LogP contribution is 2.48. The number of carbonyl (C=O) groups is 5. The quantitative estimate of drug-likeness (QED) is 0.0279. The van der Waals surface area contributed by atoms with Crippen LogP contribution in [0.15, 0.2) is 82.3 Å². The van der Waals surface area contributed by atoms with Gasteiger partial charge in [-0.3, -0.25) is 33.4 Å². The number of likely N-dealkylation sites (N-methyl/N-ethyl adjacent to an activating group) is 1. The summed E-state index contributed by atoms with van der Waals surface area (Å²) in [5.74, 6) is -2.35. The van der Waals surface area contributed by atoms with Gasteiger partial charge in [-0.25, -0.2) is 0 Å². The van der Waals surface area contributed by atoms with E-state index >= 15 is 0 Å². The van der Waals surface area contributed by atoms with Crippen LogP contribution in [0, 0.1) is 5.92 Å². The molecule has 17 heteroatoms. The predicted molar refractivity (Wildman–Crippen MR) is 250 cm³/mol. The number of imide groups is 1. The molecular formula is C46H61N6O8S3+. The van der Waals surface area contributed by atoms with Crippen molar-refractivity contribution in [1.82, 2.24) is 15.5 Å². The Morgan fingerprint density at radius 2 is 1.73 bits per heavy atom. The Morgan fingerprint density at radius 1 is 1.00 bits per heavy atom. The molecule has 2 aromatic carbocycles. The summed E-state index contributed by atoms with van der Waals surface area (Å²) in [5.41, 5.74) is 10.8. The Kier molecular flexibility index (Phi) is 16.0. The lowest BCUT2D eigenvalue weighted by Gasteiger charge is -2.25. The summed E-state index contributed by atoms with van der Waals surface area (Å²) in [6, 6.07) is 9.97. The van der Waals surface area contributed by atoms with Gasteiger partial charge in [-0.1, -0.05) is 45.9 Å². The van der Waals surface area contributed by atoms with Crippen molar-refractivity contribution < 1.29 is 41.5 Å². The van der Waals surface area contributed by atoms with E-state index in [2.05, 4.69) is 71.7 Å². The van der Waals surface area contributed by atoms with Crippen molar-refractivity contribution in [3.05, 3.63) is 83.6 Å². The number of likely N-dealkylation sites (tertiary alicyclic amines) is 1. The molecule has 2 atom stereocenters. The lowest BCUT2D eigenvalue weighted by Crippen LogP contribution is -2.47. The average Bonchev–Trinajstić information content (AvgIpc) is 3.69. The van der Waals surface area contributed by atoms with Crippen LogP contribution in [-0.4, -0.2) is 101 Å². The SMILES string of the molecule is CCN1C(=CC=CC=CC2=[N+](CCCCCC(=O)NCCN3C(=O)CC(SCC(NC(=O)C(C)C)C(N)=O)C3=O)c3ccc(S(=O)(=O)O)cc3C2(C)C)C(C)(C)c2cc(S)ccc21. The van der Waals surface area contributed by atoms with E-state index in [9.17, 15) is 36.9 Å². The van der Waals surface area contributed by atoms with Crippen molar-refractivity contribution in [2.45, 2.75) is 112 Å². The number of thiol groups is 1. The van der Waals surface area contributed by atoms with Crippen LogP contribution in [0.4, 0.5) is 11.4 Å². The van der Waals surface area contributed by atoms with Crippen molar-refractivity contribution in [1.29, 1.82) is 0 Å². The van der Waals surface area contributed by atoms with Gasteiger partial charge in [0.2, 0.25) is 35.2 Å². The Morgan fingerprint density at radius 3 is 2.40 bits per heavy atom. The molecule has 63 heavy (non-hydrogen) atoms. The summed E-state index contributed by atoms with van der Waals surface area (Å²) in [5, 5.41) is 4.66. The Hall–Kier alpha value is -4.71. The molecule has 0 radical (unpaired) electrons. The smallest absolute Gasteiger partial charge is 0.294 e. The van der Waals surface area contributed by atoms with E-state index in [-0.39, 0.29) is 65.6 Å². The first-order valence-corrected chi connectivity index (χ1v) is 24.3. The van der Waals surface area contributed by atoms with Crippen molar-refractivity contribution in [2.24, 2.45) is 11.7 Å². The maximum absolute atomic E-state index is 13.0. The minimum atomic E-state index is -4.42. The third-order valence-electron chi connectivity index (χ3n) is 11.9. The summed E-state index contributed by atoms with van der Waals surface area (Å²) in [4.78, 5) is 66.5. The second kappa shape index (κ2) is 20.4. The number of primary amides is 1. The second-order valence-electron chi connectivity index (χ2n) is 17.4. The van der Waals surface area contributed by atoms with E-state index in [4.69, 9.17) is 5.73 Å². The number of hydrogen-bond acceptors (Lipinski definition) is 10. The highest BCUT2D eigenvalue weighted by molar-refractivity contribution is 8.00. The van der Waals surface area contributed by atoms with Crippen LogP contribution in [0.25, 0.3) is 0 Å². The van der Waals surface area contributed by atoms with E-state index in [1.807, 2.05) is 44.2 Å². The lowest BCUT2D eigenvalue weighted by molar-refractivity contribution is -0.438. The molecule has 0 saturated carbocycles. The molecule has 5 N–H and O–H groups in total. The van der Waals surface area contributed by atoms with Crippen molar-refractivity contribution in [2.75, 3.05) is 36.8 Å².